The lowest BCUT2D eigenvalue weighted by Gasteiger charge is -2.09. The second kappa shape index (κ2) is 3.94. The minimum Gasteiger partial charge on any atom is -0.392 e. The number of carbonyl (C=O) groups is 1. The Balaban J connectivity index is 2.97. The Labute approximate surface area is 77.0 Å². The van der Waals surface area contributed by atoms with Crippen LogP contribution in [0, 0.1) is 0 Å². The maximum Gasteiger partial charge on any atom is 0.555 e. The van der Waals surface area contributed by atoms with E-state index in [1.54, 1.807) is 12.1 Å². The summed E-state index contributed by atoms with van der Waals surface area (Å²) in [6.07, 6.45) is -1.52. The van der Waals surface area contributed by atoms with Crippen molar-refractivity contribution in [3.05, 3.63) is 29.8 Å². The summed E-state index contributed by atoms with van der Waals surface area (Å²) in [6.45, 7) is 3.94. The van der Waals surface area contributed by atoms with Crippen LogP contribution in [-0.2, 0) is 5.11 Å². The zero-order valence-corrected chi connectivity index (χ0v) is 7.61. The second-order valence-corrected chi connectivity index (χ2v) is 3.04. The summed E-state index contributed by atoms with van der Waals surface area (Å²) in [5.74, 6) is 0.591. The molecule has 0 fully saturated rings. The molecule has 1 radical (unpaired) electrons. The smallest absolute Gasteiger partial charge is 0.392 e. The second-order valence-electron chi connectivity index (χ2n) is 3.04. The average molecular weight is 179 g/mol. The first kappa shape index (κ1) is 9.58. The third-order valence-corrected chi connectivity index (χ3v) is 1.73. The van der Waals surface area contributed by atoms with Crippen LogP contribution < -0.4 is 4.74 Å². The van der Waals surface area contributed by atoms with E-state index in [2.05, 4.69) is 4.74 Å². The molecule has 0 spiro atoms. The van der Waals surface area contributed by atoms with E-state index in [4.69, 9.17) is 0 Å². The van der Waals surface area contributed by atoms with Gasteiger partial charge in [0, 0.05) is 0 Å². The van der Waals surface area contributed by atoms with Crippen LogP contribution in [0.1, 0.15) is 25.3 Å². The van der Waals surface area contributed by atoms with Gasteiger partial charge in [-0.3, -0.25) is 0 Å². The van der Waals surface area contributed by atoms with Crippen molar-refractivity contribution in [3.63, 3.8) is 0 Å². The van der Waals surface area contributed by atoms with Gasteiger partial charge in [-0.25, -0.2) is 0 Å². The van der Waals surface area contributed by atoms with Gasteiger partial charge in [-0.05, 0) is 17.5 Å². The zero-order valence-electron chi connectivity index (χ0n) is 7.61. The SMILES string of the molecule is CC(C)c1ccccc1OC([O])=O. The Morgan fingerprint density at radius 2 is 1.92 bits per heavy atom. The molecule has 0 atom stereocenters. The fourth-order valence-electron chi connectivity index (χ4n) is 1.14. The van der Waals surface area contributed by atoms with E-state index in [1.807, 2.05) is 26.0 Å². The Bertz CT molecular complexity index is 305. The molecule has 0 amide bonds. The Hall–Kier alpha value is -1.51. The van der Waals surface area contributed by atoms with Crippen molar-refractivity contribution in [3.8, 4) is 5.75 Å². The standard InChI is InChI=1S/C10H11O3/c1-7(2)8-5-3-4-6-9(8)13-10(11)12/h3-7H,1-2H3. The number of ether oxygens (including phenoxy) is 1. The van der Waals surface area contributed by atoms with Gasteiger partial charge < -0.3 is 4.74 Å². The van der Waals surface area contributed by atoms with E-state index in [9.17, 15) is 9.90 Å². The molecule has 0 N–H and O–H groups in total. The summed E-state index contributed by atoms with van der Waals surface area (Å²) in [4.78, 5) is 10.2. The van der Waals surface area contributed by atoms with Crippen LogP contribution >= 0.6 is 0 Å². The first-order valence-corrected chi connectivity index (χ1v) is 4.09. The lowest BCUT2D eigenvalue weighted by Crippen LogP contribution is -2.04. The third-order valence-electron chi connectivity index (χ3n) is 1.73. The Morgan fingerprint density at radius 3 is 2.46 bits per heavy atom. The van der Waals surface area contributed by atoms with Gasteiger partial charge in [0.1, 0.15) is 5.75 Å². The minimum absolute atomic E-state index is 0.232. The summed E-state index contributed by atoms with van der Waals surface area (Å²) in [5.41, 5.74) is 0.867. The first-order valence-electron chi connectivity index (χ1n) is 4.09. The topological polar surface area (TPSA) is 46.2 Å². The normalized spacial score (nSPS) is 10.1. The van der Waals surface area contributed by atoms with Crippen molar-refractivity contribution in [1.29, 1.82) is 0 Å². The molecular weight excluding hydrogens is 168 g/mol. The maximum atomic E-state index is 10.2. The van der Waals surface area contributed by atoms with Crippen molar-refractivity contribution in [2.24, 2.45) is 0 Å². The van der Waals surface area contributed by atoms with Crippen LogP contribution in [0.4, 0.5) is 4.79 Å². The highest BCUT2D eigenvalue weighted by Gasteiger charge is 2.10. The van der Waals surface area contributed by atoms with Crippen molar-refractivity contribution < 1.29 is 14.6 Å². The molecule has 1 rings (SSSR count). The predicted molar refractivity (Wildman–Crippen MR) is 47.2 cm³/mol. The molecule has 0 aliphatic rings. The molecule has 13 heavy (non-hydrogen) atoms. The van der Waals surface area contributed by atoms with Gasteiger partial charge in [-0.2, -0.15) is 9.90 Å². The summed E-state index contributed by atoms with van der Waals surface area (Å²) >= 11 is 0. The van der Waals surface area contributed by atoms with Gasteiger partial charge in [-0.1, -0.05) is 32.0 Å². The Kier molecular flexibility index (Phi) is 2.90. The number of hydrogen-bond acceptors (Lipinski definition) is 2. The van der Waals surface area contributed by atoms with E-state index in [1.165, 1.54) is 0 Å². The van der Waals surface area contributed by atoms with Crippen LogP contribution in [0.2, 0.25) is 0 Å². The predicted octanol–water partition coefficient (Wildman–Crippen LogP) is 2.74. The quantitative estimate of drug-likeness (QED) is 0.517. The van der Waals surface area contributed by atoms with Crippen molar-refractivity contribution >= 4 is 6.16 Å². The fourth-order valence-corrected chi connectivity index (χ4v) is 1.14. The van der Waals surface area contributed by atoms with Crippen molar-refractivity contribution in [2.75, 3.05) is 0 Å². The first-order chi connectivity index (χ1) is 6.11. The molecule has 0 saturated carbocycles. The molecule has 3 nitrogen and oxygen atoms in total. The third kappa shape index (κ3) is 2.47. The van der Waals surface area contributed by atoms with E-state index < -0.39 is 6.16 Å². The lowest BCUT2D eigenvalue weighted by atomic mass is 10.0. The molecule has 0 aliphatic heterocycles. The van der Waals surface area contributed by atoms with Gasteiger partial charge in [0.15, 0.2) is 0 Å². The summed E-state index contributed by atoms with van der Waals surface area (Å²) in [5, 5.41) is 10.2. The summed E-state index contributed by atoms with van der Waals surface area (Å²) < 4.78 is 4.51. The highest BCUT2D eigenvalue weighted by molar-refractivity contribution is 5.61. The van der Waals surface area contributed by atoms with Crippen molar-refractivity contribution in [2.45, 2.75) is 19.8 Å². The number of benzene rings is 1. The molecule has 3 heteroatoms. The summed E-state index contributed by atoms with van der Waals surface area (Å²) in [7, 11) is 0. The molecule has 1 aromatic rings. The van der Waals surface area contributed by atoms with Crippen LogP contribution in [-0.4, -0.2) is 6.16 Å². The molecule has 69 valence electrons. The average Bonchev–Trinajstić information content (AvgIpc) is 2.03. The van der Waals surface area contributed by atoms with Gasteiger partial charge in [0.2, 0.25) is 0 Å². The number of rotatable bonds is 2. The maximum absolute atomic E-state index is 10.2. The fraction of sp³-hybridized carbons (Fsp3) is 0.300. The zero-order chi connectivity index (χ0) is 9.84. The number of para-hydroxylation sites is 1. The molecule has 0 unspecified atom stereocenters. The number of carbonyl (C=O) groups excluding carboxylic acids is 1. The summed E-state index contributed by atoms with van der Waals surface area (Å²) in [6, 6.07) is 7.02. The minimum atomic E-state index is -1.52. The van der Waals surface area contributed by atoms with Crippen LogP contribution in [0.25, 0.3) is 0 Å². The van der Waals surface area contributed by atoms with Gasteiger partial charge in [0.05, 0.1) is 0 Å². The molecule has 1 aromatic carbocycles. The van der Waals surface area contributed by atoms with E-state index in [-0.39, 0.29) is 5.92 Å². The van der Waals surface area contributed by atoms with Crippen LogP contribution in [0.15, 0.2) is 24.3 Å². The molecular formula is C10H11O3. The van der Waals surface area contributed by atoms with Crippen LogP contribution in [0.5, 0.6) is 5.75 Å². The largest absolute Gasteiger partial charge is 0.555 e. The van der Waals surface area contributed by atoms with Crippen LogP contribution in [0.3, 0.4) is 0 Å². The number of hydrogen-bond donors (Lipinski definition) is 0. The lowest BCUT2D eigenvalue weighted by molar-refractivity contribution is 0.117. The van der Waals surface area contributed by atoms with E-state index in [0.717, 1.165) is 5.56 Å². The van der Waals surface area contributed by atoms with E-state index in [0.29, 0.717) is 5.75 Å². The molecule has 0 aliphatic carbocycles. The molecule has 0 saturated heterocycles. The van der Waals surface area contributed by atoms with Gasteiger partial charge in [-0.15, -0.1) is 0 Å². The monoisotopic (exact) mass is 179 g/mol. The highest BCUT2D eigenvalue weighted by Crippen LogP contribution is 2.25. The van der Waals surface area contributed by atoms with Crippen molar-refractivity contribution in [1.82, 2.24) is 0 Å². The molecule has 0 heterocycles. The molecule has 0 aromatic heterocycles. The highest BCUT2D eigenvalue weighted by atomic mass is 16.7. The Morgan fingerprint density at radius 1 is 1.31 bits per heavy atom. The van der Waals surface area contributed by atoms with Gasteiger partial charge >= 0.3 is 6.16 Å². The van der Waals surface area contributed by atoms with Gasteiger partial charge in [0.25, 0.3) is 0 Å². The molecule has 0 bridgehead atoms. The van der Waals surface area contributed by atoms with E-state index >= 15 is 0 Å².